The summed E-state index contributed by atoms with van der Waals surface area (Å²) in [5, 5.41) is 15.3. The Morgan fingerprint density at radius 3 is 2.94 bits per heavy atom. The average molecular weight is 220 g/mol. The van der Waals surface area contributed by atoms with Crippen LogP contribution in [0.3, 0.4) is 0 Å². The summed E-state index contributed by atoms with van der Waals surface area (Å²) in [6, 6.07) is 3.67. The van der Waals surface area contributed by atoms with Gasteiger partial charge in [-0.2, -0.15) is 10.4 Å². The van der Waals surface area contributed by atoms with E-state index in [4.69, 9.17) is 5.26 Å². The standard InChI is InChI=1S/C11H16N4O/c1-8(2)6-9-7-10(14-13-9)11(16)15(3)5-4-12/h7-8H,5-6H2,1-3H3,(H,13,14). The highest BCUT2D eigenvalue weighted by atomic mass is 16.2. The quantitative estimate of drug-likeness (QED) is 0.775. The van der Waals surface area contributed by atoms with Gasteiger partial charge in [0, 0.05) is 12.7 Å². The average Bonchev–Trinajstić information content (AvgIpc) is 2.64. The molecule has 0 saturated carbocycles. The minimum atomic E-state index is -0.229. The summed E-state index contributed by atoms with van der Waals surface area (Å²) in [5.41, 5.74) is 1.32. The lowest BCUT2D eigenvalue weighted by Crippen LogP contribution is -2.27. The Hall–Kier alpha value is -1.83. The molecule has 16 heavy (non-hydrogen) atoms. The molecule has 0 aliphatic carbocycles. The Kier molecular flexibility index (Phi) is 4.06. The van der Waals surface area contributed by atoms with Crippen LogP contribution in [-0.2, 0) is 6.42 Å². The van der Waals surface area contributed by atoms with E-state index in [-0.39, 0.29) is 12.5 Å². The summed E-state index contributed by atoms with van der Waals surface area (Å²) in [5.74, 6) is 0.285. The van der Waals surface area contributed by atoms with Gasteiger partial charge in [0.05, 0.1) is 6.07 Å². The van der Waals surface area contributed by atoms with Crippen LogP contribution in [0.5, 0.6) is 0 Å². The number of H-pyrrole nitrogens is 1. The molecule has 1 amide bonds. The van der Waals surface area contributed by atoms with Crippen molar-refractivity contribution in [1.82, 2.24) is 15.1 Å². The first-order valence-electron chi connectivity index (χ1n) is 5.21. The topological polar surface area (TPSA) is 72.8 Å². The number of nitrogens with zero attached hydrogens (tertiary/aromatic N) is 3. The van der Waals surface area contributed by atoms with Crippen molar-refractivity contribution in [3.63, 3.8) is 0 Å². The normalized spacial score (nSPS) is 10.2. The van der Waals surface area contributed by atoms with Gasteiger partial charge in [0.1, 0.15) is 12.2 Å². The molecule has 0 aliphatic rings. The summed E-state index contributed by atoms with van der Waals surface area (Å²) >= 11 is 0. The highest BCUT2D eigenvalue weighted by molar-refractivity contribution is 5.92. The minimum Gasteiger partial charge on any atom is -0.327 e. The number of carbonyl (C=O) groups excluding carboxylic acids is 1. The van der Waals surface area contributed by atoms with Crippen molar-refractivity contribution in [3.05, 3.63) is 17.5 Å². The molecule has 0 unspecified atom stereocenters. The van der Waals surface area contributed by atoms with Gasteiger partial charge in [-0.3, -0.25) is 9.89 Å². The number of nitriles is 1. The smallest absolute Gasteiger partial charge is 0.274 e. The first-order chi connectivity index (χ1) is 7.54. The van der Waals surface area contributed by atoms with E-state index in [0.717, 1.165) is 12.1 Å². The second kappa shape index (κ2) is 5.31. The maximum absolute atomic E-state index is 11.7. The summed E-state index contributed by atoms with van der Waals surface area (Å²) in [7, 11) is 1.59. The number of hydrogen-bond acceptors (Lipinski definition) is 3. The summed E-state index contributed by atoms with van der Waals surface area (Å²) < 4.78 is 0. The fourth-order valence-electron chi connectivity index (χ4n) is 1.39. The summed E-state index contributed by atoms with van der Waals surface area (Å²) in [6.45, 7) is 4.28. The lowest BCUT2D eigenvalue weighted by Gasteiger charge is -2.09. The van der Waals surface area contributed by atoms with E-state index in [2.05, 4.69) is 24.0 Å². The summed E-state index contributed by atoms with van der Waals surface area (Å²) in [6.07, 6.45) is 0.863. The van der Waals surface area contributed by atoms with Crippen molar-refractivity contribution in [3.8, 4) is 6.07 Å². The Morgan fingerprint density at radius 2 is 2.38 bits per heavy atom. The van der Waals surface area contributed by atoms with Crippen molar-refractivity contribution in [1.29, 1.82) is 5.26 Å². The number of aromatic nitrogens is 2. The van der Waals surface area contributed by atoms with E-state index in [1.165, 1.54) is 4.90 Å². The van der Waals surface area contributed by atoms with Gasteiger partial charge in [0.15, 0.2) is 0 Å². The van der Waals surface area contributed by atoms with Crippen LogP contribution < -0.4 is 0 Å². The molecule has 86 valence electrons. The molecule has 1 rings (SSSR count). The molecule has 0 radical (unpaired) electrons. The Balaban J connectivity index is 2.71. The molecule has 5 nitrogen and oxygen atoms in total. The molecule has 0 aliphatic heterocycles. The van der Waals surface area contributed by atoms with Gasteiger partial charge in [-0.15, -0.1) is 0 Å². The molecule has 1 aromatic rings. The first-order valence-corrected chi connectivity index (χ1v) is 5.21. The second-order valence-corrected chi connectivity index (χ2v) is 4.20. The monoisotopic (exact) mass is 220 g/mol. The zero-order chi connectivity index (χ0) is 12.1. The molecule has 0 saturated heterocycles. The molecule has 0 spiro atoms. The maximum atomic E-state index is 11.7. The number of hydrogen-bond donors (Lipinski definition) is 1. The van der Waals surface area contributed by atoms with Crippen molar-refractivity contribution in [2.45, 2.75) is 20.3 Å². The lowest BCUT2D eigenvalue weighted by atomic mass is 10.1. The third-order valence-corrected chi connectivity index (χ3v) is 2.13. The third-order valence-electron chi connectivity index (χ3n) is 2.13. The zero-order valence-corrected chi connectivity index (χ0v) is 9.82. The molecule has 0 aromatic carbocycles. The van der Waals surface area contributed by atoms with Crippen LogP contribution in [0.1, 0.15) is 30.0 Å². The van der Waals surface area contributed by atoms with E-state index >= 15 is 0 Å². The molecule has 0 atom stereocenters. The van der Waals surface area contributed by atoms with Crippen LogP contribution in [-0.4, -0.2) is 34.6 Å². The van der Waals surface area contributed by atoms with E-state index in [1.807, 2.05) is 6.07 Å². The summed E-state index contributed by atoms with van der Waals surface area (Å²) in [4.78, 5) is 13.1. The van der Waals surface area contributed by atoms with Gasteiger partial charge in [-0.25, -0.2) is 0 Å². The fraction of sp³-hybridized carbons (Fsp3) is 0.545. The number of amides is 1. The lowest BCUT2D eigenvalue weighted by molar-refractivity contribution is 0.0806. The van der Waals surface area contributed by atoms with E-state index < -0.39 is 0 Å². The molecular formula is C11H16N4O. The molecule has 1 N–H and O–H groups in total. The van der Waals surface area contributed by atoms with Crippen LogP contribution in [0.15, 0.2) is 6.07 Å². The first kappa shape index (κ1) is 12.2. The van der Waals surface area contributed by atoms with Gasteiger partial charge in [0.25, 0.3) is 5.91 Å². The largest absolute Gasteiger partial charge is 0.327 e. The molecule has 0 bridgehead atoms. The molecule has 1 heterocycles. The van der Waals surface area contributed by atoms with Crippen LogP contribution in [0, 0.1) is 17.2 Å². The highest BCUT2D eigenvalue weighted by Gasteiger charge is 2.15. The highest BCUT2D eigenvalue weighted by Crippen LogP contribution is 2.08. The molecular weight excluding hydrogens is 204 g/mol. The van der Waals surface area contributed by atoms with Crippen molar-refractivity contribution in [2.24, 2.45) is 5.92 Å². The minimum absolute atomic E-state index is 0.0746. The number of rotatable bonds is 4. The van der Waals surface area contributed by atoms with Crippen LogP contribution in [0.2, 0.25) is 0 Å². The van der Waals surface area contributed by atoms with Gasteiger partial charge < -0.3 is 4.90 Å². The Morgan fingerprint density at radius 1 is 1.69 bits per heavy atom. The van der Waals surface area contributed by atoms with Crippen molar-refractivity contribution in [2.75, 3.05) is 13.6 Å². The van der Waals surface area contributed by atoms with E-state index in [0.29, 0.717) is 11.6 Å². The van der Waals surface area contributed by atoms with Crippen LogP contribution in [0.4, 0.5) is 0 Å². The fourth-order valence-corrected chi connectivity index (χ4v) is 1.39. The second-order valence-electron chi connectivity index (χ2n) is 4.20. The molecule has 5 heteroatoms. The Labute approximate surface area is 95.1 Å². The van der Waals surface area contributed by atoms with Crippen LogP contribution >= 0.6 is 0 Å². The van der Waals surface area contributed by atoms with Gasteiger partial charge >= 0.3 is 0 Å². The predicted molar refractivity (Wildman–Crippen MR) is 59.7 cm³/mol. The number of nitrogens with one attached hydrogen (secondary N) is 1. The zero-order valence-electron chi connectivity index (χ0n) is 9.82. The van der Waals surface area contributed by atoms with Crippen molar-refractivity contribution < 1.29 is 4.79 Å². The van der Waals surface area contributed by atoms with Crippen molar-refractivity contribution >= 4 is 5.91 Å². The van der Waals surface area contributed by atoms with Gasteiger partial charge in [-0.05, 0) is 18.4 Å². The third kappa shape index (κ3) is 3.09. The molecule has 1 aromatic heterocycles. The number of aromatic amines is 1. The predicted octanol–water partition coefficient (Wildman–Crippen LogP) is 1.20. The van der Waals surface area contributed by atoms with Gasteiger partial charge in [0.2, 0.25) is 0 Å². The van der Waals surface area contributed by atoms with Crippen LogP contribution in [0.25, 0.3) is 0 Å². The maximum Gasteiger partial charge on any atom is 0.274 e. The van der Waals surface area contributed by atoms with E-state index in [9.17, 15) is 4.79 Å². The Bertz CT molecular complexity index is 402. The van der Waals surface area contributed by atoms with E-state index in [1.54, 1.807) is 13.1 Å². The SMILES string of the molecule is CC(C)Cc1cc(C(=O)N(C)CC#N)n[nH]1. The molecule has 0 fully saturated rings. The number of carbonyl (C=O) groups is 1. The van der Waals surface area contributed by atoms with Gasteiger partial charge in [-0.1, -0.05) is 13.8 Å².